The second kappa shape index (κ2) is 5.09. The van der Waals surface area contributed by atoms with Crippen LogP contribution in [0.3, 0.4) is 0 Å². The summed E-state index contributed by atoms with van der Waals surface area (Å²) in [5.74, 6) is -2.36. The first-order valence-corrected chi connectivity index (χ1v) is 8.75. The van der Waals surface area contributed by atoms with Crippen LogP contribution in [0.1, 0.15) is 5.56 Å². The van der Waals surface area contributed by atoms with Crippen LogP contribution in [0, 0.1) is 5.92 Å². The predicted octanol–water partition coefficient (Wildman–Crippen LogP) is 2.76. The Morgan fingerprint density at radius 3 is 2.26 bits per heavy atom. The highest BCUT2D eigenvalue weighted by molar-refractivity contribution is 7.92. The Morgan fingerprint density at radius 2 is 1.78 bits per heavy atom. The van der Waals surface area contributed by atoms with Gasteiger partial charge in [-0.05, 0) is 12.1 Å². The van der Waals surface area contributed by atoms with Gasteiger partial charge in [0.1, 0.15) is 5.69 Å². The molecule has 0 saturated carbocycles. The van der Waals surface area contributed by atoms with Crippen molar-refractivity contribution in [2.45, 2.75) is 6.18 Å². The van der Waals surface area contributed by atoms with Gasteiger partial charge in [0.2, 0.25) is 0 Å². The SMILES string of the molecule is O=C1C2CS(=O)(=O)CC2=NN1c1c(Cl)cc(C(F)(F)F)cc1Cl. The number of sulfone groups is 1. The third-order valence-electron chi connectivity index (χ3n) is 3.48. The average molecular weight is 387 g/mol. The van der Waals surface area contributed by atoms with Crippen LogP contribution in [0.25, 0.3) is 0 Å². The van der Waals surface area contributed by atoms with E-state index in [1.807, 2.05) is 0 Å². The number of benzene rings is 1. The van der Waals surface area contributed by atoms with Crippen molar-refractivity contribution in [1.82, 2.24) is 0 Å². The highest BCUT2D eigenvalue weighted by Crippen LogP contribution is 2.42. The van der Waals surface area contributed by atoms with E-state index in [1.54, 1.807) is 0 Å². The maximum atomic E-state index is 12.7. The van der Waals surface area contributed by atoms with Gasteiger partial charge in [-0.25, -0.2) is 8.42 Å². The summed E-state index contributed by atoms with van der Waals surface area (Å²) < 4.78 is 61.1. The van der Waals surface area contributed by atoms with Crippen LogP contribution >= 0.6 is 23.2 Å². The number of amides is 1. The van der Waals surface area contributed by atoms with Gasteiger partial charge in [0.05, 0.1) is 38.7 Å². The molecule has 5 nitrogen and oxygen atoms in total. The van der Waals surface area contributed by atoms with Gasteiger partial charge in [0, 0.05) is 0 Å². The number of hydrogen-bond donors (Lipinski definition) is 0. The number of hydrogen-bond acceptors (Lipinski definition) is 4. The second-order valence-electron chi connectivity index (χ2n) is 5.13. The first kappa shape index (κ1) is 16.5. The van der Waals surface area contributed by atoms with Gasteiger partial charge < -0.3 is 0 Å². The fourth-order valence-electron chi connectivity index (χ4n) is 2.46. The number of anilines is 1. The number of hydrazone groups is 1. The van der Waals surface area contributed by atoms with Crippen LogP contribution in [0.4, 0.5) is 18.9 Å². The van der Waals surface area contributed by atoms with Gasteiger partial charge in [-0.1, -0.05) is 23.2 Å². The molecule has 2 heterocycles. The van der Waals surface area contributed by atoms with Crippen molar-refractivity contribution < 1.29 is 26.4 Å². The van der Waals surface area contributed by atoms with Gasteiger partial charge in [-0.15, -0.1) is 0 Å². The minimum atomic E-state index is -4.64. The average Bonchev–Trinajstić information content (AvgIpc) is 2.82. The van der Waals surface area contributed by atoms with Crippen molar-refractivity contribution in [3.05, 3.63) is 27.7 Å². The normalized spacial score (nSPS) is 23.2. The first-order chi connectivity index (χ1) is 10.5. The molecule has 124 valence electrons. The topological polar surface area (TPSA) is 66.8 Å². The fourth-order valence-corrected chi connectivity index (χ4v) is 4.78. The molecule has 1 atom stereocenters. The summed E-state index contributed by atoms with van der Waals surface area (Å²) in [6.07, 6.45) is -4.64. The van der Waals surface area contributed by atoms with Gasteiger partial charge >= 0.3 is 6.18 Å². The zero-order chi connectivity index (χ0) is 17.2. The van der Waals surface area contributed by atoms with Gasteiger partial charge in [-0.2, -0.15) is 23.3 Å². The molecule has 1 aromatic rings. The molecular formula is C12H7Cl2F3N2O3S. The summed E-state index contributed by atoms with van der Waals surface area (Å²) in [4.78, 5) is 12.3. The Kier molecular flexibility index (Phi) is 3.66. The molecule has 11 heteroatoms. The van der Waals surface area contributed by atoms with Crippen LogP contribution in [0.15, 0.2) is 17.2 Å². The van der Waals surface area contributed by atoms with Crippen LogP contribution in [-0.2, 0) is 20.8 Å². The number of fused-ring (bicyclic) bond motifs is 1. The lowest BCUT2D eigenvalue weighted by Gasteiger charge is -2.18. The summed E-state index contributed by atoms with van der Waals surface area (Å²) in [5.41, 5.74) is -1.11. The Labute approximate surface area is 138 Å². The Hall–Kier alpha value is -1.32. The Balaban J connectivity index is 2.05. The molecule has 2 aliphatic heterocycles. The molecule has 1 fully saturated rings. The van der Waals surface area contributed by atoms with Crippen LogP contribution in [0.2, 0.25) is 10.0 Å². The van der Waals surface area contributed by atoms with E-state index < -0.39 is 43.4 Å². The summed E-state index contributed by atoms with van der Waals surface area (Å²) >= 11 is 11.7. The van der Waals surface area contributed by atoms with Crippen molar-refractivity contribution in [3.63, 3.8) is 0 Å². The minimum Gasteiger partial charge on any atom is -0.272 e. The molecule has 1 saturated heterocycles. The van der Waals surface area contributed by atoms with Crippen LogP contribution in [0.5, 0.6) is 0 Å². The van der Waals surface area contributed by atoms with E-state index >= 15 is 0 Å². The highest BCUT2D eigenvalue weighted by Gasteiger charge is 2.47. The minimum absolute atomic E-state index is 0.141. The number of nitrogens with zero attached hydrogens (tertiary/aromatic N) is 2. The summed E-state index contributed by atoms with van der Waals surface area (Å²) in [6.45, 7) is 0. The summed E-state index contributed by atoms with van der Waals surface area (Å²) in [6, 6.07) is 1.28. The molecule has 0 aliphatic carbocycles. The third kappa shape index (κ3) is 2.81. The Morgan fingerprint density at radius 1 is 1.22 bits per heavy atom. The Bertz CT molecular complexity index is 829. The van der Waals surface area contributed by atoms with Gasteiger partial charge in [-0.3, -0.25) is 4.79 Å². The monoisotopic (exact) mass is 386 g/mol. The van der Waals surface area contributed by atoms with E-state index in [9.17, 15) is 26.4 Å². The third-order valence-corrected chi connectivity index (χ3v) is 5.63. The van der Waals surface area contributed by atoms with Crippen molar-refractivity contribution in [2.24, 2.45) is 11.0 Å². The quantitative estimate of drug-likeness (QED) is 0.745. The van der Waals surface area contributed by atoms with E-state index in [-0.39, 0.29) is 22.9 Å². The largest absolute Gasteiger partial charge is 0.416 e. The number of halogens is 5. The van der Waals surface area contributed by atoms with E-state index in [0.717, 1.165) is 5.01 Å². The standard InChI is InChI=1S/C12H7Cl2F3N2O3S/c13-7-1-5(12(15,16)17)2-8(14)10(7)19-11(20)6-3-23(21,22)4-9(6)18-19/h1-2,6H,3-4H2. The van der Waals surface area contributed by atoms with Crippen LogP contribution in [-0.4, -0.2) is 31.5 Å². The lowest BCUT2D eigenvalue weighted by Crippen LogP contribution is -2.28. The van der Waals surface area contributed by atoms with E-state index in [1.165, 1.54) is 0 Å². The van der Waals surface area contributed by atoms with Crippen molar-refractivity contribution in [1.29, 1.82) is 0 Å². The molecule has 3 rings (SSSR count). The molecule has 23 heavy (non-hydrogen) atoms. The molecule has 0 bridgehead atoms. The summed E-state index contributed by atoms with van der Waals surface area (Å²) in [5, 5.41) is 3.86. The molecule has 0 radical (unpaired) electrons. The van der Waals surface area contributed by atoms with Crippen molar-refractivity contribution in [2.75, 3.05) is 16.5 Å². The number of rotatable bonds is 1. The van der Waals surface area contributed by atoms with Crippen molar-refractivity contribution in [3.8, 4) is 0 Å². The molecule has 1 amide bonds. The molecule has 0 N–H and O–H groups in total. The van der Waals surface area contributed by atoms with E-state index in [0.29, 0.717) is 12.1 Å². The summed E-state index contributed by atoms with van der Waals surface area (Å²) in [7, 11) is -3.38. The molecule has 0 spiro atoms. The fraction of sp³-hybridized carbons (Fsp3) is 0.333. The molecule has 2 aliphatic rings. The number of alkyl halides is 3. The molecule has 0 aromatic heterocycles. The zero-order valence-corrected chi connectivity index (χ0v) is 13.4. The molecule has 1 aromatic carbocycles. The highest BCUT2D eigenvalue weighted by atomic mass is 35.5. The first-order valence-electron chi connectivity index (χ1n) is 6.17. The maximum Gasteiger partial charge on any atom is 0.416 e. The van der Waals surface area contributed by atoms with E-state index in [2.05, 4.69) is 5.10 Å². The predicted molar refractivity (Wildman–Crippen MR) is 78.5 cm³/mol. The zero-order valence-electron chi connectivity index (χ0n) is 11.1. The maximum absolute atomic E-state index is 12.7. The van der Waals surface area contributed by atoms with E-state index in [4.69, 9.17) is 23.2 Å². The lowest BCUT2D eigenvalue weighted by molar-refractivity contribution is -0.137. The van der Waals surface area contributed by atoms with Gasteiger partial charge in [0.15, 0.2) is 9.84 Å². The van der Waals surface area contributed by atoms with Gasteiger partial charge in [0.25, 0.3) is 5.91 Å². The molecular weight excluding hydrogens is 380 g/mol. The second-order valence-corrected chi connectivity index (χ2v) is 8.06. The smallest absolute Gasteiger partial charge is 0.272 e. The lowest BCUT2D eigenvalue weighted by atomic mass is 10.1. The number of carbonyl (C=O) groups is 1. The number of carbonyl (C=O) groups excluding carboxylic acids is 1. The van der Waals surface area contributed by atoms with Crippen molar-refractivity contribution >= 4 is 50.3 Å². The van der Waals surface area contributed by atoms with Crippen LogP contribution < -0.4 is 5.01 Å². The molecule has 1 unspecified atom stereocenters.